The van der Waals surface area contributed by atoms with Gasteiger partial charge < -0.3 is 5.32 Å². The maximum atomic E-state index is 4.26. The van der Waals surface area contributed by atoms with Gasteiger partial charge >= 0.3 is 0 Å². The second kappa shape index (κ2) is 3.90. The van der Waals surface area contributed by atoms with Crippen LogP contribution in [0.1, 0.15) is 19.4 Å². The van der Waals surface area contributed by atoms with Crippen molar-refractivity contribution in [3.63, 3.8) is 0 Å². The average molecular weight is 229 g/mol. The van der Waals surface area contributed by atoms with E-state index in [9.17, 15) is 0 Å². The molecule has 0 bridgehead atoms. The number of pyridine rings is 1. The van der Waals surface area contributed by atoms with Crippen molar-refractivity contribution in [3.05, 3.63) is 22.3 Å². The molecule has 1 aromatic rings. The van der Waals surface area contributed by atoms with Gasteiger partial charge in [0.2, 0.25) is 0 Å². The fourth-order valence-electron chi connectivity index (χ4n) is 0.965. The fraction of sp³-hybridized carbons (Fsp3) is 0.444. The zero-order valence-corrected chi connectivity index (χ0v) is 9.14. The number of aryl methyl sites for hydroxylation is 1. The van der Waals surface area contributed by atoms with Crippen LogP contribution in [0, 0.1) is 6.92 Å². The molecule has 1 heterocycles. The van der Waals surface area contributed by atoms with E-state index < -0.39 is 0 Å². The molecule has 66 valence electrons. The Morgan fingerprint density at radius 2 is 2.17 bits per heavy atom. The standard InChI is InChI=1S/C9H13BrN2/c1-6(2)12-9-7(3)4-8(10)5-11-9/h4-6H,1-3H3,(H,11,12). The number of hydrogen-bond acceptors (Lipinski definition) is 2. The van der Waals surface area contributed by atoms with Crippen molar-refractivity contribution >= 4 is 21.7 Å². The number of nitrogens with one attached hydrogen (secondary N) is 1. The van der Waals surface area contributed by atoms with Crippen LogP contribution in [-0.4, -0.2) is 11.0 Å². The van der Waals surface area contributed by atoms with E-state index >= 15 is 0 Å². The minimum absolute atomic E-state index is 0.428. The summed E-state index contributed by atoms with van der Waals surface area (Å²) in [5.74, 6) is 0.966. The summed E-state index contributed by atoms with van der Waals surface area (Å²) in [4.78, 5) is 4.26. The molecular formula is C9H13BrN2. The topological polar surface area (TPSA) is 24.9 Å². The average Bonchev–Trinajstić information content (AvgIpc) is 1.94. The van der Waals surface area contributed by atoms with Gasteiger partial charge in [-0.3, -0.25) is 0 Å². The summed E-state index contributed by atoms with van der Waals surface area (Å²) in [6.45, 7) is 6.24. The van der Waals surface area contributed by atoms with Gasteiger partial charge in [0.25, 0.3) is 0 Å². The van der Waals surface area contributed by atoms with Gasteiger partial charge in [-0.05, 0) is 48.3 Å². The van der Waals surface area contributed by atoms with Crippen molar-refractivity contribution in [2.75, 3.05) is 5.32 Å². The highest BCUT2D eigenvalue weighted by atomic mass is 79.9. The molecule has 0 spiro atoms. The van der Waals surface area contributed by atoms with Crippen LogP contribution in [-0.2, 0) is 0 Å². The molecule has 1 N–H and O–H groups in total. The molecule has 0 aromatic carbocycles. The third-order valence-electron chi connectivity index (χ3n) is 1.47. The van der Waals surface area contributed by atoms with E-state index in [1.54, 1.807) is 6.20 Å². The van der Waals surface area contributed by atoms with Crippen LogP contribution in [0.3, 0.4) is 0 Å². The van der Waals surface area contributed by atoms with Gasteiger partial charge in [-0.25, -0.2) is 4.98 Å². The smallest absolute Gasteiger partial charge is 0.129 e. The monoisotopic (exact) mass is 228 g/mol. The SMILES string of the molecule is Cc1cc(Br)cnc1NC(C)C. The first-order valence-corrected chi connectivity index (χ1v) is 4.77. The first-order chi connectivity index (χ1) is 5.59. The zero-order valence-electron chi connectivity index (χ0n) is 7.56. The quantitative estimate of drug-likeness (QED) is 0.843. The van der Waals surface area contributed by atoms with Crippen LogP contribution in [0.2, 0.25) is 0 Å². The van der Waals surface area contributed by atoms with E-state index in [1.165, 1.54) is 0 Å². The van der Waals surface area contributed by atoms with Crippen LogP contribution in [0.4, 0.5) is 5.82 Å². The van der Waals surface area contributed by atoms with Crippen molar-refractivity contribution in [3.8, 4) is 0 Å². The molecule has 2 nitrogen and oxygen atoms in total. The molecule has 0 aliphatic carbocycles. The number of halogens is 1. The molecule has 0 amide bonds. The Balaban J connectivity index is 2.86. The number of aromatic nitrogens is 1. The van der Waals surface area contributed by atoms with Gasteiger partial charge in [0, 0.05) is 16.7 Å². The predicted octanol–water partition coefficient (Wildman–Crippen LogP) is 2.97. The number of hydrogen-bond donors (Lipinski definition) is 1. The molecule has 0 saturated heterocycles. The van der Waals surface area contributed by atoms with E-state index in [0.29, 0.717) is 6.04 Å². The Labute approximate surface area is 81.5 Å². The first-order valence-electron chi connectivity index (χ1n) is 3.98. The fourth-order valence-corrected chi connectivity index (χ4v) is 1.41. The predicted molar refractivity (Wildman–Crippen MR) is 55.4 cm³/mol. The Kier molecular flexibility index (Phi) is 3.09. The van der Waals surface area contributed by atoms with Crippen molar-refractivity contribution in [1.82, 2.24) is 4.98 Å². The third kappa shape index (κ3) is 2.48. The minimum atomic E-state index is 0.428. The minimum Gasteiger partial charge on any atom is -0.368 e. The molecule has 12 heavy (non-hydrogen) atoms. The molecule has 3 heteroatoms. The normalized spacial score (nSPS) is 10.4. The van der Waals surface area contributed by atoms with Crippen LogP contribution >= 0.6 is 15.9 Å². The summed E-state index contributed by atoms with van der Waals surface area (Å²) in [5, 5.41) is 3.27. The van der Waals surface area contributed by atoms with E-state index in [-0.39, 0.29) is 0 Å². The summed E-state index contributed by atoms with van der Waals surface area (Å²) in [7, 11) is 0. The zero-order chi connectivity index (χ0) is 9.14. The maximum Gasteiger partial charge on any atom is 0.129 e. The third-order valence-corrected chi connectivity index (χ3v) is 1.90. The van der Waals surface area contributed by atoms with E-state index in [2.05, 4.69) is 46.1 Å². The van der Waals surface area contributed by atoms with Crippen LogP contribution in [0.15, 0.2) is 16.7 Å². The molecule has 0 aliphatic rings. The molecule has 0 saturated carbocycles. The Morgan fingerprint density at radius 1 is 1.50 bits per heavy atom. The van der Waals surface area contributed by atoms with E-state index in [0.717, 1.165) is 15.9 Å². The highest BCUT2D eigenvalue weighted by Gasteiger charge is 2.00. The molecule has 1 rings (SSSR count). The number of rotatable bonds is 2. The molecule has 0 atom stereocenters. The number of nitrogens with zero attached hydrogens (tertiary/aromatic N) is 1. The van der Waals surface area contributed by atoms with E-state index in [1.807, 2.05) is 6.92 Å². The Hall–Kier alpha value is -0.570. The second-order valence-corrected chi connectivity index (χ2v) is 4.03. The van der Waals surface area contributed by atoms with Crippen LogP contribution in [0.5, 0.6) is 0 Å². The second-order valence-electron chi connectivity index (χ2n) is 3.12. The van der Waals surface area contributed by atoms with E-state index in [4.69, 9.17) is 0 Å². The van der Waals surface area contributed by atoms with Crippen molar-refractivity contribution < 1.29 is 0 Å². The van der Waals surface area contributed by atoms with Crippen LogP contribution < -0.4 is 5.32 Å². The van der Waals surface area contributed by atoms with Crippen LogP contribution in [0.25, 0.3) is 0 Å². The molecule has 0 radical (unpaired) electrons. The Bertz CT molecular complexity index is 271. The highest BCUT2D eigenvalue weighted by molar-refractivity contribution is 9.10. The number of anilines is 1. The van der Waals surface area contributed by atoms with Gasteiger partial charge in [-0.1, -0.05) is 0 Å². The van der Waals surface area contributed by atoms with Crippen molar-refractivity contribution in [2.24, 2.45) is 0 Å². The lowest BCUT2D eigenvalue weighted by Crippen LogP contribution is -2.11. The maximum absolute atomic E-state index is 4.26. The first kappa shape index (κ1) is 9.52. The van der Waals surface area contributed by atoms with Crippen molar-refractivity contribution in [2.45, 2.75) is 26.8 Å². The molecule has 0 aliphatic heterocycles. The molecule has 0 fully saturated rings. The lowest BCUT2D eigenvalue weighted by Gasteiger charge is -2.11. The van der Waals surface area contributed by atoms with Gasteiger partial charge in [-0.2, -0.15) is 0 Å². The highest BCUT2D eigenvalue weighted by Crippen LogP contribution is 2.16. The molecule has 0 unspecified atom stereocenters. The van der Waals surface area contributed by atoms with Crippen molar-refractivity contribution in [1.29, 1.82) is 0 Å². The van der Waals surface area contributed by atoms with Gasteiger partial charge in [0.05, 0.1) is 0 Å². The summed E-state index contributed by atoms with van der Waals surface area (Å²) in [6.07, 6.45) is 1.80. The van der Waals surface area contributed by atoms with Gasteiger partial charge in [-0.15, -0.1) is 0 Å². The lowest BCUT2D eigenvalue weighted by molar-refractivity contribution is 0.885. The summed E-state index contributed by atoms with van der Waals surface area (Å²) in [5.41, 5.74) is 1.16. The molecule has 1 aromatic heterocycles. The van der Waals surface area contributed by atoms with Gasteiger partial charge in [0.1, 0.15) is 5.82 Å². The lowest BCUT2D eigenvalue weighted by atomic mass is 10.3. The summed E-state index contributed by atoms with van der Waals surface area (Å²) >= 11 is 3.37. The Morgan fingerprint density at radius 3 is 2.67 bits per heavy atom. The van der Waals surface area contributed by atoms with Gasteiger partial charge in [0.15, 0.2) is 0 Å². The summed E-state index contributed by atoms with van der Waals surface area (Å²) < 4.78 is 1.02. The molecular weight excluding hydrogens is 216 g/mol. The largest absolute Gasteiger partial charge is 0.368 e. The summed E-state index contributed by atoms with van der Waals surface area (Å²) in [6, 6.07) is 2.48.